The van der Waals surface area contributed by atoms with Gasteiger partial charge in [-0.15, -0.1) is 0 Å². The van der Waals surface area contributed by atoms with Crippen LogP contribution >= 0.6 is 11.8 Å². The lowest BCUT2D eigenvalue weighted by molar-refractivity contribution is 0.0727. The highest BCUT2D eigenvalue weighted by Crippen LogP contribution is 2.17. The van der Waals surface area contributed by atoms with Gasteiger partial charge in [0, 0.05) is 32.7 Å². The van der Waals surface area contributed by atoms with Crippen molar-refractivity contribution in [2.45, 2.75) is 18.7 Å². The summed E-state index contributed by atoms with van der Waals surface area (Å²) in [5.74, 6) is 1.80. The van der Waals surface area contributed by atoms with Crippen LogP contribution in [0.15, 0.2) is 40.8 Å². The van der Waals surface area contributed by atoms with Crippen LogP contribution in [0.5, 0.6) is 0 Å². The van der Waals surface area contributed by atoms with E-state index in [9.17, 15) is 9.18 Å². The first-order valence-corrected chi connectivity index (χ1v) is 9.89. The molecule has 1 amide bonds. The highest BCUT2D eigenvalue weighted by Gasteiger charge is 2.22. The van der Waals surface area contributed by atoms with Crippen molar-refractivity contribution in [1.82, 2.24) is 9.80 Å². The second-order valence-electron chi connectivity index (χ2n) is 6.25. The Morgan fingerprint density at radius 2 is 1.92 bits per heavy atom. The van der Waals surface area contributed by atoms with E-state index in [4.69, 9.17) is 4.42 Å². The van der Waals surface area contributed by atoms with Crippen LogP contribution in [0.25, 0.3) is 0 Å². The Balaban J connectivity index is 1.56. The molecule has 0 saturated carbocycles. The standard InChI is InChI=1S/C19H23FN2O2S/c1-25-14-17-7-8-18(24-17)19(23)22-10-2-9-21(11-12-22)13-15-3-5-16(20)6-4-15/h3-8H,2,9-14H2,1H3. The molecule has 0 spiro atoms. The minimum atomic E-state index is -0.212. The fourth-order valence-electron chi connectivity index (χ4n) is 3.05. The van der Waals surface area contributed by atoms with E-state index in [1.54, 1.807) is 17.8 Å². The fraction of sp³-hybridized carbons (Fsp3) is 0.421. The maximum absolute atomic E-state index is 13.0. The van der Waals surface area contributed by atoms with Gasteiger partial charge in [-0.05, 0) is 42.5 Å². The lowest BCUT2D eigenvalue weighted by Gasteiger charge is -2.21. The van der Waals surface area contributed by atoms with Gasteiger partial charge >= 0.3 is 0 Å². The molecule has 1 aliphatic heterocycles. The van der Waals surface area contributed by atoms with E-state index < -0.39 is 0 Å². The van der Waals surface area contributed by atoms with Crippen molar-refractivity contribution in [2.24, 2.45) is 0 Å². The van der Waals surface area contributed by atoms with Gasteiger partial charge in [0.1, 0.15) is 11.6 Å². The average molecular weight is 362 g/mol. The van der Waals surface area contributed by atoms with Crippen LogP contribution in [0.3, 0.4) is 0 Å². The van der Waals surface area contributed by atoms with Gasteiger partial charge in [0.15, 0.2) is 5.76 Å². The molecule has 25 heavy (non-hydrogen) atoms. The minimum Gasteiger partial charge on any atom is -0.455 e. The highest BCUT2D eigenvalue weighted by atomic mass is 32.2. The van der Waals surface area contributed by atoms with Crippen molar-refractivity contribution in [3.05, 3.63) is 59.3 Å². The maximum Gasteiger partial charge on any atom is 0.289 e. The topological polar surface area (TPSA) is 36.7 Å². The van der Waals surface area contributed by atoms with Gasteiger partial charge in [-0.1, -0.05) is 12.1 Å². The number of halogens is 1. The quantitative estimate of drug-likeness (QED) is 0.814. The molecule has 1 aromatic heterocycles. The molecule has 1 saturated heterocycles. The number of amides is 1. The van der Waals surface area contributed by atoms with Gasteiger partial charge in [0.05, 0.1) is 5.75 Å². The molecule has 0 unspecified atom stereocenters. The van der Waals surface area contributed by atoms with Gasteiger partial charge in [0.25, 0.3) is 5.91 Å². The fourth-order valence-corrected chi connectivity index (χ4v) is 3.49. The monoisotopic (exact) mass is 362 g/mol. The molecule has 0 atom stereocenters. The molecule has 0 bridgehead atoms. The Morgan fingerprint density at radius 1 is 1.12 bits per heavy atom. The lowest BCUT2D eigenvalue weighted by atomic mass is 10.2. The normalized spacial score (nSPS) is 16.0. The Kier molecular flexibility index (Phi) is 6.15. The zero-order valence-electron chi connectivity index (χ0n) is 14.4. The van der Waals surface area contributed by atoms with Crippen LogP contribution in [0, 0.1) is 5.82 Å². The molecule has 4 nitrogen and oxygen atoms in total. The van der Waals surface area contributed by atoms with Crippen LogP contribution < -0.4 is 0 Å². The molecule has 2 aromatic rings. The molecule has 2 heterocycles. The van der Waals surface area contributed by atoms with E-state index >= 15 is 0 Å². The molecule has 0 N–H and O–H groups in total. The van der Waals surface area contributed by atoms with Gasteiger partial charge in [0.2, 0.25) is 0 Å². The number of rotatable bonds is 5. The Labute approximate surface area is 152 Å². The predicted molar refractivity (Wildman–Crippen MR) is 98.1 cm³/mol. The summed E-state index contributed by atoms with van der Waals surface area (Å²) in [5, 5.41) is 0. The van der Waals surface area contributed by atoms with E-state index in [1.807, 2.05) is 29.4 Å². The zero-order chi connectivity index (χ0) is 17.6. The summed E-state index contributed by atoms with van der Waals surface area (Å²) in [5.41, 5.74) is 1.09. The number of benzene rings is 1. The van der Waals surface area contributed by atoms with Crippen LogP contribution in [-0.4, -0.2) is 48.1 Å². The lowest BCUT2D eigenvalue weighted by Crippen LogP contribution is -2.34. The minimum absolute atomic E-state index is 0.0315. The van der Waals surface area contributed by atoms with E-state index in [2.05, 4.69) is 4.90 Å². The molecule has 1 aromatic carbocycles. The van der Waals surface area contributed by atoms with Gasteiger partial charge in [-0.3, -0.25) is 9.69 Å². The predicted octanol–water partition coefficient (Wildman–Crippen LogP) is 3.63. The number of thioether (sulfide) groups is 1. The summed E-state index contributed by atoms with van der Waals surface area (Å²) in [4.78, 5) is 16.8. The van der Waals surface area contributed by atoms with Crippen molar-refractivity contribution >= 4 is 17.7 Å². The van der Waals surface area contributed by atoms with Crippen molar-refractivity contribution in [3.8, 4) is 0 Å². The third-order valence-corrected chi connectivity index (χ3v) is 4.93. The molecular formula is C19H23FN2O2S. The SMILES string of the molecule is CSCc1ccc(C(=O)N2CCCN(Cc3ccc(F)cc3)CC2)o1. The Hall–Kier alpha value is -1.79. The summed E-state index contributed by atoms with van der Waals surface area (Å²) in [7, 11) is 0. The molecule has 0 radical (unpaired) electrons. The summed E-state index contributed by atoms with van der Waals surface area (Å²) in [6.45, 7) is 3.93. The second kappa shape index (κ2) is 8.54. The Bertz CT molecular complexity index is 702. The van der Waals surface area contributed by atoms with Crippen molar-refractivity contribution < 1.29 is 13.6 Å². The largest absolute Gasteiger partial charge is 0.455 e. The van der Waals surface area contributed by atoms with Crippen LogP contribution in [0.2, 0.25) is 0 Å². The van der Waals surface area contributed by atoms with Crippen LogP contribution in [0.1, 0.15) is 28.3 Å². The molecule has 134 valence electrons. The van der Waals surface area contributed by atoms with Gasteiger partial charge in [-0.2, -0.15) is 11.8 Å². The number of hydrogen-bond donors (Lipinski definition) is 0. The summed E-state index contributed by atoms with van der Waals surface area (Å²) >= 11 is 1.67. The average Bonchev–Trinajstić information content (AvgIpc) is 2.95. The third kappa shape index (κ3) is 4.86. The van der Waals surface area contributed by atoms with Crippen molar-refractivity contribution in [2.75, 3.05) is 32.4 Å². The first kappa shape index (κ1) is 18.0. The molecule has 1 aliphatic rings. The third-order valence-electron chi connectivity index (χ3n) is 4.35. The Morgan fingerprint density at radius 3 is 2.68 bits per heavy atom. The van der Waals surface area contributed by atoms with Crippen molar-refractivity contribution in [1.29, 1.82) is 0 Å². The molecular weight excluding hydrogens is 339 g/mol. The van der Waals surface area contributed by atoms with E-state index in [0.717, 1.165) is 49.7 Å². The number of hydrogen-bond acceptors (Lipinski definition) is 4. The zero-order valence-corrected chi connectivity index (χ0v) is 15.2. The smallest absolute Gasteiger partial charge is 0.289 e. The van der Waals surface area contributed by atoms with E-state index in [1.165, 1.54) is 12.1 Å². The molecule has 6 heteroatoms. The van der Waals surface area contributed by atoms with Crippen LogP contribution in [0.4, 0.5) is 4.39 Å². The molecule has 0 aliphatic carbocycles. The summed E-state index contributed by atoms with van der Waals surface area (Å²) in [6, 6.07) is 10.3. The number of carbonyl (C=O) groups excluding carboxylic acids is 1. The summed E-state index contributed by atoms with van der Waals surface area (Å²) in [6.07, 6.45) is 2.93. The van der Waals surface area contributed by atoms with Gasteiger partial charge in [-0.25, -0.2) is 4.39 Å². The van der Waals surface area contributed by atoms with Gasteiger partial charge < -0.3 is 9.32 Å². The first-order valence-electron chi connectivity index (χ1n) is 8.49. The maximum atomic E-state index is 13.0. The van der Waals surface area contributed by atoms with E-state index in [0.29, 0.717) is 12.3 Å². The second-order valence-corrected chi connectivity index (χ2v) is 7.11. The molecule has 3 rings (SSSR count). The van der Waals surface area contributed by atoms with Crippen LogP contribution in [-0.2, 0) is 12.3 Å². The number of nitrogens with zero attached hydrogens (tertiary/aromatic N) is 2. The first-order chi connectivity index (χ1) is 12.2. The van der Waals surface area contributed by atoms with E-state index in [-0.39, 0.29) is 11.7 Å². The number of furan rings is 1. The summed E-state index contributed by atoms with van der Waals surface area (Å²) < 4.78 is 18.7. The molecule has 1 fully saturated rings. The number of carbonyl (C=O) groups is 1. The highest BCUT2D eigenvalue weighted by molar-refractivity contribution is 7.97. The van der Waals surface area contributed by atoms with Crippen molar-refractivity contribution in [3.63, 3.8) is 0 Å².